The lowest BCUT2D eigenvalue weighted by atomic mass is 10.1. The topological polar surface area (TPSA) is 48.3 Å². The monoisotopic (exact) mass is 333 g/mol. The number of carbonyl (C=O) groups excluding carboxylic acids is 2. The largest absolute Gasteiger partial charge is 0.463 e. The molecule has 4 nitrogen and oxygen atoms in total. The Balaban J connectivity index is 1.86. The fourth-order valence-electron chi connectivity index (χ4n) is 3.37. The van der Waals surface area contributed by atoms with Crippen molar-refractivity contribution in [3.8, 4) is 0 Å². The smallest absolute Gasteiger partial charge is 0.379 e. The van der Waals surface area contributed by atoms with Crippen LogP contribution in [0.5, 0.6) is 0 Å². The predicted molar refractivity (Wildman–Crippen MR) is 95.8 cm³/mol. The van der Waals surface area contributed by atoms with E-state index in [4.69, 9.17) is 0 Å². The van der Waals surface area contributed by atoms with Crippen LogP contribution in [-0.2, 0) is 16.1 Å². The second-order valence-electron chi connectivity index (χ2n) is 6.47. The number of aromatic nitrogens is 1. The van der Waals surface area contributed by atoms with Gasteiger partial charge in [-0.25, -0.2) is 4.79 Å². The zero-order valence-electron chi connectivity index (χ0n) is 14.1. The summed E-state index contributed by atoms with van der Waals surface area (Å²) < 4.78 is 6.89. The molecule has 0 amide bonds. The van der Waals surface area contributed by atoms with Gasteiger partial charge < -0.3 is 9.30 Å². The SMILES string of the molecule is COC(=O)C(=O)c1cccc2c1cc(C1CC1)n2Cc1ccccc1. The molecule has 0 unspecified atom stereocenters. The normalized spacial score (nSPS) is 13.8. The van der Waals surface area contributed by atoms with Gasteiger partial charge in [0.25, 0.3) is 5.78 Å². The number of rotatable bonds is 5. The van der Waals surface area contributed by atoms with Crippen LogP contribution in [0.2, 0.25) is 0 Å². The van der Waals surface area contributed by atoms with Gasteiger partial charge in [-0.15, -0.1) is 0 Å². The maximum Gasteiger partial charge on any atom is 0.379 e. The van der Waals surface area contributed by atoms with Crippen LogP contribution < -0.4 is 0 Å². The summed E-state index contributed by atoms with van der Waals surface area (Å²) >= 11 is 0. The number of nitrogens with zero attached hydrogens (tertiary/aromatic N) is 1. The van der Waals surface area contributed by atoms with Crippen molar-refractivity contribution in [3.63, 3.8) is 0 Å². The highest BCUT2D eigenvalue weighted by molar-refractivity contribution is 6.42. The molecule has 0 N–H and O–H groups in total. The highest BCUT2D eigenvalue weighted by Crippen LogP contribution is 2.43. The van der Waals surface area contributed by atoms with Crippen molar-refractivity contribution < 1.29 is 14.3 Å². The van der Waals surface area contributed by atoms with E-state index in [9.17, 15) is 9.59 Å². The Kier molecular flexibility index (Phi) is 3.88. The average Bonchev–Trinajstić information content (AvgIpc) is 3.43. The van der Waals surface area contributed by atoms with Crippen LogP contribution in [0.15, 0.2) is 54.6 Å². The minimum absolute atomic E-state index is 0.415. The summed E-state index contributed by atoms with van der Waals surface area (Å²) in [5.41, 5.74) is 3.86. The van der Waals surface area contributed by atoms with Crippen molar-refractivity contribution in [1.82, 2.24) is 4.57 Å². The van der Waals surface area contributed by atoms with E-state index in [0.717, 1.165) is 17.4 Å². The van der Waals surface area contributed by atoms with Gasteiger partial charge in [-0.05, 0) is 36.5 Å². The molecule has 25 heavy (non-hydrogen) atoms. The molecule has 0 radical (unpaired) electrons. The molecule has 4 heteroatoms. The van der Waals surface area contributed by atoms with Gasteiger partial charge in [-0.1, -0.05) is 42.5 Å². The Labute approximate surface area is 146 Å². The number of Topliss-reactive ketones (excluding diaryl/α,β-unsaturated/α-hetero) is 1. The van der Waals surface area contributed by atoms with Gasteiger partial charge in [0, 0.05) is 28.7 Å². The van der Waals surface area contributed by atoms with Crippen molar-refractivity contribution >= 4 is 22.7 Å². The second kappa shape index (κ2) is 6.20. The number of hydrogen-bond acceptors (Lipinski definition) is 3. The van der Waals surface area contributed by atoms with Crippen LogP contribution in [-0.4, -0.2) is 23.4 Å². The van der Waals surface area contributed by atoms with E-state index < -0.39 is 11.8 Å². The molecule has 0 saturated heterocycles. The zero-order valence-corrected chi connectivity index (χ0v) is 14.1. The average molecular weight is 333 g/mol. The Morgan fingerprint density at radius 1 is 1.08 bits per heavy atom. The standard InChI is InChI=1S/C21H19NO3/c1-25-21(24)20(23)16-8-5-9-18-17(16)12-19(15-10-11-15)22(18)13-14-6-3-2-4-7-14/h2-9,12,15H,10-11,13H2,1H3. The first-order valence-corrected chi connectivity index (χ1v) is 8.47. The number of esters is 1. The van der Waals surface area contributed by atoms with Crippen LogP contribution in [0, 0.1) is 0 Å². The van der Waals surface area contributed by atoms with Crippen LogP contribution in [0.4, 0.5) is 0 Å². The molecule has 1 aromatic heterocycles. The highest BCUT2D eigenvalue weighted by atomic mass is 16.5. The molecule has 4 rings (SSSR count). The molecule has 0 aliphatic heterocycles. The molecule has 0 spiro atoms. The van der Waals surface area contributed by atoms with Gasteiger partial charge in [0.05, 0.1) is 7.11 Å². The fraction of sp³-hybridized carbons (Fsp3) is 0.238. The van der Waals surface area contributed by atoms with E-state index in [1.165, 1.54) is 31.2 Å². The van der Waals surface area contributed by atoms with E-state index in [0.29, 0.717) is 11.5 Å². The van der Waals surface area contributed by atoms with Gasteiger partial charge >= 0.3 is 5.97 Å². The Morgan fingerprint density at radius 2 is 1.84 bits per heavy atom. The minimum Gasteiger partial charge on any atom is -0.463 e. The molecule has 0 atom stereocenters. The fourth-order valence-corrected chi connectivity index (χ4v) is 3.37. The molecule has 1 aliphatic rings. The first-order chi connectivity index (χ1) is 12.2. The van der Waals surface area contributed by atoms with Crippen molar-refractivity contribution in [2.75, 3.05) is 7.11 Å². The highest BCUT2D eigenvalue weighted by Gasteiger charge is 2.29. The van der Waals surface area contributed by atoms with Gasteiger partial charge in [0.2, 0.25) is 0 Å². The Morgan fingerprint density at radius 3 is 2.52 bits per heavy atom. The lowest BCUT2D eigenvalue weighted by Gasteiger charge is -2.11. The maximum atomic E-state index is 12.4. The number of ketones is 1. The summed E-state index contributed by atoms with van der Waals surface area (Å²) in [5, 5.41) is 0.829. The zero-order chi connectivity index (χ0) is 17.4. The Hall–Kier alpha value is -2.88. The molecular weight excluding hydrogens is 314 g/mol. The van der Waals surface area contributed by atoms with E-state index in [2.05, 4.69) is 27.5 Å². The second-order valence-corrected chi connectivity index (χ2v) is 6.47. The number of benzene rings is 2. The first-order valence-electron chi connectivity index (χ1n) is 8.47. The van der Waals surface area contributed by atoms with Crippen molar-refractivity contribution in [2.45, 2.75) is 25.3 Å². The van der Waals surface area contributed by atoms with Crippen LogP contribution in [0.1, 0.15) is 40.4 Å². The molecule has 1 heterocycles. The van der Waals surface area contributed by atoms with E-state index in [1.54, 1.807) is 6.07 Å². The van der Waals surface area contributed by atoms with Crippen LogP contribution >= 0.6 is 0 Å². The molecular formula is C21H19NO3. The summed E-state index contributed by atoms with van der Waals surface area (Å²) in [6.07, 6.45) is 2.34. The lowest BCUT2D eigenvalue weighted by Crippen LogP contribution is -2.15. The summed E-state index contributed by atoms with van der Waals surface area (Å²) in [7, 11) is 1.23. The molecule has 1 fully saturated rings. The lowest BCUT2D eigenvalue weighted by molar-refractivity contribution is -0.135. The first kappa shape index (κ1) is 15.6. The number of carbonyl (C=O) groups is 2. The van der Waals surface area contributed by atoms with Gasteiger partial charge in [-0.2, -0.15) is 0 Å². The van der Waals surface area contributed by atoms with Gasteiger partial charge in [0.1, 0.15) is 0 Å². The third-order valence-electron chi connectivity index (χ3n) is 4.77. The summed E-state index contributed by atoms with van der Waals surface area (Å²) in [6, 6.07) is 17.9. The number of ether oxygens (including phenoxy) is 1. The summed E-state index contributed by atoms with van der Waals surface area (Å²) in [6.45, 7) is 0.756. The van der Waals surface area contributed by atoms with Gasteiger partial charge in [-0.3, -0.25) is 4.79 Å². The van der Waals surface area contributed by atoms with Gasteiger partial charge in [0.15, 0.2) is 0 Å². The Bertz CT molecular complexity index is 952. The van der Waals surface area contributed by atoms with E-state index >= 15 is 0 Å². The minimum atomic E-state index is -0.823. The summed E-state index contributed by atoms with van der Waals surface area (Å²) in [4.78, 5) is 24.1. The number of hydrogen-bond donors (Lipinski definition) is 0. The third kappa shape index (κ3) is 2.84. The maximum absolute atomic E-state index is 12.4. The van der Waals surface area contributed by atoms with Crippen molar-refractivity contribution in [3.05, 3.63) is 71.4 Å². The van der Waals surface area contributed by atoms with Crippen molar-refractivity contribution in [2.24, 2.45) is 0 Å². The molecule has 3 aromatic rings. The third-order valence-corrected chi connectivity index (χ3v) is 4.77. The van der Waals surface area contributed by atoms with Crippen LogP contribution in [0.25, 0.3) is 10.9 Å². The predicted octanol–water partition coefficient (Wildman–Crippen LogP) is 3.92. The van der Waals surface area contributed by atoms with Crippen molar-refractivity contribution in [1.29, 1.82) is 0 Å². The van der Waals surface area contributed by atoms with E-state index in [1.807, 2.05) is 30.3 Å². The van der Waals surface area contributed by atoms with E-state index in [-0.39, 0.29) is 0 Å². The molecule has 0 bridgehead atoms. The quantitative estimate of drug-likeness (QED) is 0.404. The summed E-state index contributed by atoms with van der Waals surface area (Å²) in [5.74, 6) is -0.874. The molecule has 1 saturated carbocycles. The number of methoxy groups -OCH3 is 1. The van der Waals surface area contributed by atoms with Crippen LogP contribution in [0.3, 0.4) is 0 Å². The molecule has 2 aromatic carbocycles. The number of fused-ring (bicyclic) bond motifs is 1. The molecule has 1 aliphatic carbocycles. The molecule has 126 valence electrons.